The van der Waals surface area contributed by atoms with Crippen LogP contribution in [0, 0.1) is 5.92 Å². The highest BCUT2D eigenvalue weighted by atomic mass is 79.9. The smallest absolute Gasteiger partial charge is 0.325 e. The second-order valence-corrected chi connectivity index (χ2v) is 6.50. The third kappa shape index (κ3) is 6.60. The quantitative estimate of drug-likeness (QED) is 0.642. The van der Waals surface area contributed by atoms with Crippen LogP contribution >= 0.6 is 15.9 Å². The van der Waals surface area contributed by atoms with Crippen molar-refractivity contribution >= 4 is 27.8 Å². The van der Waals surface area contributed by atoms with E-state index in [1.54, 1.807) is 32.2 Å². The summed E-state index contributed by atoms with van der Waals surface area (Å²) in [5.74, 6) is 0.616. The van der Waals surface area contributed by atoms with E-state index in [1.165, 1.54) is 4.90 Å². The minimum atomic E-state index is -0.420. The van der Waals surface area contributed by atoms with Crippen molar-refractivity contribution in [2.45, 2.75) is 27.2 Å². The first kappa shape index (κ1) is 19.5. The fourth-order valence-electron chi connectivity index (χ4n) is 1.85. The van der Waals surface area contributed by atoms with Crippen LogP contribution in [-0.4, -0.2) is 43.6 Å². The molecule has 23 heavy (non-hydrogen) atoms. The third-order valence-corrected chi connectivity index (χ3v) is 3.77. The Morgan fingerprint density at radius 3 is 2.57 bits per heavy atom. The van der Waals surface area contributed by atoms with E-state index in [-0.39, 0.29) is 12.5 Å². The normalized spacial score (nSPS) is 10.5. The summed E-state index contributed by atoms with van der Waals surface area (Å²) in [5, 5.41) is 0. The van der Waals surface area contributed by atoms with Crippen LogP contribution in [0.15, 0.2) is 22.7 Å². The Labute approximate surface area is 146 Å². The molecule has 0 spiro atoms. The molecule has 0 bridgehead atoms. The number of ether oxygens (including phenoxy) is 2. The van der Waals surface area contributed by atoms with E-state index in [4.69, 9.17) is 9.47 Å². The molecule has 0 aromatic heterocycles. The number of carbonyl (C=O) groups excluding carboxylic acids is 2. The number of halogens is 1. The van der Waals surface area contributed by atoms with E-state index in [1.807, 2.05) is 0 Å². The summed E-state index contributed by atoms with van der Waals surface area (Å²) >= 11 is 3.42. The minimum absolute atomic E-state index is 0.0725. The van der Waals surface area contributed by atoms with E-state index < -0.39 is 5.97 Å². The van der Waals surface area contributed by atoms with Crippen molar-refractivity contribution in [3.05, 3.63) is 28.2 Å². The van der Waals surface area contributed by atoms with E-state index in [0.717, 1.165) is 10.9 Å². The zero-order valence-corrected chi connectivity index (χ0v) is 15.7. The Balaban J connectivity index is 2.68. The maximum absolute atomic E-state index is 12.3. The molecule has 6 heteroatoms. The molecule has 0 fully saturated rings. The van der Waals surface area contributed by atoms with Crippen LogP contribution in [0.4, 0.5) is 0 Å². The number of likely N-dealkylation sites (N-methyl/N-ethyl adjacent to an activating group) is 1. The van der Waals surface area contributed by atoms with Crippen LogP contribution in [0.3, 0.4) is 0 Å². The summed E-state index contributed by atoms with van der Waals surface area (Å²) < 4.78 is 11.3. The number of carbonyl (C=O) groups is 2. The maximum Gasteiger partial charge on any atom is 0.325 e. The molecule has 0 radical (unpaired) electrons. The second-order valence-electron chi connectivity index (χ2n) is 5.64. The molecule has 1 rings (SSSR count). The summed E-state index contributed by atoms with van der Waals surface area (Å²) in [5.41, 5.74) is 0.486. The van der Waals surface area contributed by atoms with Crippen LogP contribution < -0.4 is 4.74 Å². The van der Waals surface area contributed by atoms with Gasteiger partial charge in [0.15, 0.2) is 0 Å². The fourth-order valence-corrected chi connectivity index (χ4v) is 2.34. The number of nitrogens with zero attached hydrogens (tertiary/aromatic N) is 1. The standard InChI is InChI=1S/C17H24BrNO4/c1-5-22-16(20)11-19(4)17(21)13-6-7-15(14(18)10-13)23-9-8-12(2)3/h6-7,10,12H,5,8-9,11H2,1-4H3. The molecule has 0 aliphatic carbocycles. The van der Waals surface area contributed by atoms with Gasteiger partial charge < -0.3 is 14.4 Å². The van der Waals surface area contributed by atoms with E-state index in [0.29, 0.717) is 30.4 Å². The number of hydrogen-bond acceptors (Lipinski definition) is 4. The van der Waals surface area contributed by atoms with Crippen molar-refractivity contribution in [1.82, 2.24) is 4.90 Å². The summed E-state index contributed by atoms with van der Waals surface area (Å²) in [6.45, 7) is 6.87. The second kappa shape index (κ2) is 9.55. The van der Waals surface area contributed by atoms with Crippen molar-refractivity contribution in [3.8, 4) is 5.75 Å². The first-order valence-corrected chi connectivity index (χ1v) is 8.47. The Morgan fingerprint density at radius 1 is 1.30 bits per heavy atom. The molecule has 0 unspecified atom stereocenters. The van der Waals surface area contributed by atoms with Gasteiger partial charge in [0, 0.05) is 12.6 Å². The Morgan fingerprint density at radius 2 is 2.00 bits per heavy atom. The lowest BCUT2D eigenvalue weighted by Gasteiger charge is -2.17. The first-order chi connectivity index (χ1) is 10.8. The van der Waals surface area contributed by atoms with Gasteiger partial charge in [0.2, 0.25) is 0 Å². The van der Waals surface area contributed by atoms with Gasteiger partial charge in [-0.15, -0.1) is 0 Å². The molecular formula is C17H24BrNO4. The van der Waals surface area contributed by atoms with Gasteiger partial charge in [0.05, 0.1) is 17.7 Å². The molecular weight excluding hydrogens is 362 g/mol. The molecule has 1 amide bonds. The zero-order valence-electron chi connectivity index (χ0n) is 14.1. The highest BCUT2D eigenvalue weighted by molar-refractivity contribution is 9.10. The SMILES string of the molecule is CCOC(=O)CN(C)C(=O)c1ccc(OCCC(C)C)c(Br)c1. The van der Waals surface area contributed by atoms with Gasteiger partial charge in [-0.05, 0) is 53.4 Å². The average Bonchev–Trinajstić information content (AvgIpc) is 2.47. The van der Waals surface area contributed by atoms with E-state index in [9.17, 15) is 9.59 Å². The van der Waals surface area contributed by atoms with E-state index in [2.05, 4.69) is 29.8 Å². The number of esters is 1. The molecule has 128 valence electrons. The Kier molecular flexibility index (Phi) is 8.09. The van der Waals surface area contributed by atoms with Crippen LogP contribution in [0.5, 0.6) is 5.75 Å². The molecule has 0 N–H and O–H groups in total. The van der Waals surface area contributed by atoms with Crippen molar-refractivity contribution in [3.63, 3.8) is 0 Å². The minimum Gasteiger partial charge on any atom is -0.492 e. The summed E-state index contributed by atoms with van der Waals surface area (Å²) in [6.07, 6.45) is 0.968. The molecule has 1 aromatic rings. The molecule has 0 aliphatic rings. The van der Waals surface area contributed by atoms with Gasteiger partial charge in [0.25, 0.3) is 5.91 Å². The molecule has 0 saturated heterocycles. The van der Waals surface area contributed by atoms with Gasteiger partial charge in [-0.3, -0.25) is 9.59 Å². The van der Waals surface area contributed by atoms with E-state index >= 15 is 0 Å². The topological polar surface area (TPSA) is 55.8 Å². The highest BCUT2D eigenvalue weighted by Gasteiger charge is 2.17. The zero-order chi connectivity index (χ0) is 17.4. The number of amides is 1. The van der Waals surface area contributed by atoms with Gasteiger partial charge in [-0.25, -0.2) is 0 Å². The lowest BCUT2D eigenvalue weighted by molar-refractivity contribution is -0.143. The number of rotatable bonds is 8. The first-order valence-electron chi connectivity index (χ1n) is 7.68. The van der Waals surface area contributed by atoms with Gasteiger partial charge in [-0.1, -0.05) is 13.8 Å². The number of benzene rings is 1. The lowest BCUT2D eigenvalue weighted by Crippen LogP contribution is -2.33. The van der Waals surface area contributed by atoms with Gasteiger partial charge in [0.1, 0.15) is 12.3 Å². The predicted octanol–water partition coefficient (Wildman–Crippen LogP) is 3.51. The summed E-state index contributed by atoms with van der Waals surface area (Å²) in [6, 6.07) is 5.16. The predicted molar refractivity (Wildman–Crippen MR) is 92.7 cm³/mol. The third-order valence-electron chi connectivity index (χ3n) is 3.15. The van der Waals surface area contributed by atoms with Crippen molar-refractivity contribution in [2.24, 2.45) is 5.92 Å². The van der Waals surface area contributed by atoms with Crippen LogP contribution in [0.1, 0.15) is 37.6 Å². The number of hydrogen-bond donors (Lipinski definition) is 0. The van der Waals surface area contributed by atoms with Crippen molar-refractivity contribution < 1.29 is 19.1 Å². The fraction of sp³-hybridized carbons (Fsp3) is 0.529. The van der Waals surface area contributed by atoms with Crippen LogP contribution in [-0.2, 0) is 9.53 Å². The van der Waals surface area contributed by atoms with Crippen LogP contribution in [0.2, 0.25) is 0 Å². The summed E-state index contributed by atoms with van der Waals surface area (Å²) in [4.78, 5) is 25.1. The monoisotopic (exact) mass is 385 g/mol. The van der Waals surface area contributed by atoms with Gasteiger partial charge >= 0.3 is 5.97 Å². The highest BCUT2D eigenvalue weighted by Crippen LogP contribution is 2.26. The lowest BCUT2D eigenvalue weighted by atomic mass is 10.1. The Hall–Kier alpha value is -1.56. The molecule has 1 aromatic carbocycles. The maximum atomic E-state index is 12.3. The molecule has 5 nitrogen and oxygen atoms in total. The molecule has 0 atom stereocenters. The van der Waals surface area contributed by atoms with Crippen LogP contribution in [0.25, 0.3) is 0 Å². The molecule has 0 heterocycles. The average molecular weight is 386 g/mol. The molecule has 0 aliphatic heterocycles. The van der Waals surface area contributed by atoms with Gasteiger partial charge in [-0.2, -0.15) is 0 Å². The molecule has 0 saturated carbocycles. The van der Waals surface area contributed by atoms with Crippen molar-refractivity contribution in [2.75, 3.05) is 26.8 Å². The Bertz CT molecular complexity index is 545. The summed E-state index contributed by atoms with van der Waals surface area (Å²) in [7, 11) is 1.57. The largest absolute Gasteiger partial charge is 0.492 e. The van der Waals surface area contributed by atoms with Crippen molar-refractivity contribution in [1.29, 1.82) is 0 Å².